The summed E-state index contributed by atoms with van der Waals surface area (Å²) >= 11 is 3.43. The lowest BCUT2D eigenvalue weighted by molar-refractivity contribution is 0.414. The molecular formula is C12H14BrN5O. The predicted octanol–water partition coefficient (Wildman–Crippen LogP) is 2.15. The zero-order valence-electron chi connectivity index (χ0n) is 10.4. The standard InChI is InChI=1S/C12H14BrN5O/c1-19-10-11(16-7-17-12(10)18-14)15-6-8-3-2-4-9(13)5-8/h2-5,7H,6,14H2,1H3,(H2,15,16,17,18). The van der Waals surface area contributed by atoms with Gasteiger partial charge in [0.1, 0.15) is 6.33 Å². The molecule has 2 rings (SSSR count). The van der Waals surface area contributed by atoms with E-state index in [9.17, 15) is 0 Å². The number of benzene rings is 1. The second kappa shape index (κ2) is 6.35. The minimum Gasteiger partial charge on any atom is -0.490 e. The van der Waals surface area contributed by atoms with Gasteiger partial charge in [-0.2, -0.15) is 0 Å². The number of hydrazine groups is 1. The lowest BCUT2D eigenvalue weighted by Crippen LogP contribution is -2.12. The number of nitrogen functional groups attached to an aromatic ring is 1. The van der Waals surface area contributed by atoms with E-state index in [1.165, 1.54) is 6.33 Å². The fourth-order valence-corrected chi connectivity index (χ4v) is 2.08. The molecule has 0 radical (unpaired) electrons. The number of nitrogens with one attached hydrogen (secondary N) is 2. The highest BCUT2D eigenvalue weighted by molar-refractivity contribution is 9.10. The van der Waals surface area contributed by atoms with Crippen molar-refractivity contribution in [3.8, 4) is 5.75 Å². The highest BCUT2D eigenvalue weighted by Gasteiger charge is 2.10. The van der Waals surface area contributed by atoms with Gasteiger partial charge in [-0.05, 0) is 17.7 Å². The molecule has 4 N–H and O–H groups in total. The molecule has 19 heavy (non-hydrogen) atoms. The normalized spacial score (nSPS) is 10.1. The molecule has 0 bridgehead atoms. The molecular weight excluding hydrogens is 310 g/mol. The molecule has 7 heteroatoms. The first-order valence-corrected chi connectivity index (χ1v) is 6.38. The van der Waals surface area contributed by atoms with Crippen LogP contribution in [0.15, 0.2) is 35.1 Å². The Hall–Kier alpha value is -1.86. The van der Waals surface area contributed by atoms with Crippen LogP contribution in [0.4, 0.5) is 11.6 Å². The topological polar surface area (TPSA) is 85.1 Å². The van der Waals surface area contributed by atoms with Crippen LogP contribution in [0.5, 0.6) is 5.75 Å². The molecule has 0 aliphatic rings. The maximum atomic E-state index is 5.37. The van der Waals surface area contributed by atoms with Gasteiger partial charge in [0.15, 0.2) is 11.6 Å². The molecule has 2 aromatic rings. The molecule has 1 aromatic carbocycles. The summed E-state index contributed by atoms with van der Waals surface area (Å²) in [6, 6.07) is 8.01. The number of methoxy groups -OCH3 is 1. The van der Waals surface area contributed by atoms with Crippen LogP contribution in [0.1, 0.15) is 5.56 Å². The number of hydrogen-bond acceptors (Lipinski definition) is 6. The van der Waals surface area contributed by atoms with Gasteiger partial charge in [0.05, 0.1) is 7.11 Å². The van der Waals surface area contributed by atoms with E-state index in [4.69, 9.17) is 10.6 Å². The second-order valence-electron chi connectivity index (χ2n) is 3.73. The van der Waals surface area contributed by atoms with Gasteiger partial charge >= 0.3 is 0 Å². The van der Waals surface area contributed by atoms with Gasteiger partial charge in [-0.15, -0.1) is 0 Å². The predicted molar refractivity (Wildman–Crippen MR) is 77.9 cm³/mol. The molecule has 0 unspecified atom stereocenters. The third-order valence-corrected chi connectivity index (χ3v) is 2.99. The minimum absolute atomic E-state index is 0.439. The summed E-state index contributed by atoms with van der Waals surface area (Å²) in [6.07, 6.45) is 1.42. The molecule has 0 aliphatic heterocycles. The Balaban J connectivity index is 2.15. The summed E-state index contributed by atoms with van der Waals surface area (Å²) in [7, 11) is 1.55. The molecule has 0 fully saturated rings. The van der Waals surface area contributed by atoms with Crippen molar-refractivity contribution in [3.63, 3.8) is 0 Å². The molecule has 0 atom stereocenters. The molecule has 0 amide bonds. The summed E-state index contributed by atoms with van der Waals surface area (Å²) in [5.41, 5.74) is 3.59. The van der Waals surface area contributed by atoms with Gasteiger partial charge in [0.25, 0.3) is 0 Å². The quantitative estimate of drug-likeness (QED) is 0.577. The summed E-state index contributed by atoms with van der Waals surface area (Å²) in [5.74, 6) is 6.88. The van der Waals surface area contributed by atoms with Crippen molar-refractivity contribution in [2.75, 3.05) is 17.9 Å². The van der Waals surface area contributed by atoms with E-state index in [-0.39, 0.29) is 0 Å². The van der Waals surface area contributed by atoms with Crippen LogP contribution in [-0.2, 0) is 6.54 Å². The Morgan fingerprint density at radius 2 is 2.11 bits per heavy atom. The van der Waals surface area contributed by atoms with E-state index < -0.39 is 0 Å². The molecule has 1 aromatic heterocycles. The van der Waals surface area contributed by atoms with Gasteiger partial charge < -0.3 is 15.5 Å². The van der Waals surface area contributed by atoms with Crippen LogP contribution in [0.3, 0.4) is 0 Å². The third kappa shape index (κ3) is 3.33. The van der Waals surface area contributed by atoms with E-state index in [2.05, 4.69) is 36.6 Å². The van der Waals surface area contributed by atoms with Crippen molar-refractivity contribution in [2.45, 2.75) is 6.54 Å². The lowest BCUT2D eigenvalue weighted by atomic mass is 10.2. The second-order valence-corrected chi connectivity index (χ2v) is 4.65. The van der Waals surface area contributed by atoms with Gasteiger partial charge in [-0.1, -0.05) is 28.1 Å². The number of nitrogens with zero attached hydrogens (tertiary/aromatic N) is 2. The Morgan fingerprint density at radius 3 is 2.79 bits per heavy atom. The zero-order chi connectivity index (χ0) is 13.7. The third-order valence-electron chi connectivity index (χ3n) is 2.49. The highest BCUT2D eigenvalue weighted by Crippen LogP contribution is 2.28. The van der Waals surface area contributed by atoms with Crippen LogP contribution in [-0.4, -0.2) is 17.1 Å². The Bertz CT molecular complexity index is 564. The summed E-state index contributed by atoms with van der Waals surface area (Å²) in [4.78, 5) is 8.12. The summed E-state index contributed by atoms with van der Waals surface area (Å²) in [6.45, 7) is 0.622. The molecule has 0 saturated heterocycles. The lowest BCUT2D eigenvalue weighted by Gasteiger charge is -2.12. The molecule has 0 aliphatic carbocycles. The van der Waals surface area contributed by atoms with Crippen LogP contribution in [0.2, 0.25) is 0 Å². The Labute approximate surface area is 119 Å². The first-order valence-electron chi connectivity index (χ1n) is 5.58. The van der Waals surface area contributed by atoms with E-state index in [1.807, 2.05) is 24.3 Å². The van der Waals surface area contributed by atoms with E-state index >= 15 is 0 Å². The fourth-order valence-electron chi connectivity index (χ4n) is 1.63. The van der Waals surface area contributed by atoms with Crippen LogP contribution < -0.4 is 21.3 Å². The highest BCUT2D eigenvalue weighted by atomic mass is 79.9. The van der Waals surface area contributed by atoms with Crippen molar-refractivity contribution in [2.24, 2.45) is 5.84 Å². The molecule has 100 valence electrons. The van der Waals surface area contributed by atoms with Crippen molar-refractivity contribution in [1.29, 1.82) is 0 Å². The SMILES string of the molecule is COc1c(NN)ncnc1NCc1cccc(Br)c1. The van der Waals surface area contributed by atoms with Gasteiger partial charge in [-0.25, -0.2) is 15.8 Å². The van der Waals surface area contributed by atoms with Crippen LogP contribution in [0.25, 0.3) is 0 Å². The first kappa shape index (κ1) is 13.6. The van der Waals surface area contributed by atoms with Crippen molar-refractivity contribution in [3.05, 3.63) is 40.6 Å². The van der Waals surface area contributed by atoms with Crippen LogP contribution >= 0.6 is 15.9 Å². The van der Waals surface area contributed by atoms with Crippen molar-refractivity contribution < 1.29 is 4.74 Å². The first-order chi connectivity index (χ1) is 9.24. The smallest absolute Gasteiger partial charge is 0.205 e. The Kier molecular flexibility index (Phi) is 4.53. The molecule has 0 spiro atoms. The number of aromatic nitrogens is 2. The zero-order valence-corrected chi connectivity index (χ0v) is 11.9. The number of rotatable bonds is 5. The van der Waals surface area contributed by atoms with Crippen molar-refractivity contribution in [1.82, 2.24) is 9.97 Å². The Morgan fingerprint density at radius 1 is 1.32 bits per heavy atom. The van der Waals surface area contributed by atoms with E-state index in [0.717, 1.165) is 10.0 Å². The summed E-state index contributed by atoms with van der Waals surface area (Å²) < 4.78 is 6.27. The number of halogens is 1. The maximum Gasteiger partial charge on any atom is 0.205 e. The molecule has 6 nitrogen and oxygen atoms in total. The minimum atomic E-state index is 0.439. The maximum absolute atomic E-state index is 5.37. The molecule has 0 saturated carbocycles. The van der Waals surface area contributed by atoms with Gasteiger partial charge in [0.2, 0.25) is 5.75 Å². The van der Waals surface area contributed by atoms with Gasteiger partial charge in [-0.3, -0.25) is 0 Å². The number of anilines is 2. The number of hydrogen-bond donors (Lipinski definition) is 3. The van der Waals surface area contributed by atoms with Crippen molar-refractivity contribution >= 4 is 27.6 Å². The fraction of sp³-hybridized carbons (Fsp3) is 0.167. The number of nitrogens with two attached hydrogens (primary N) is 1. The van der Waals surface area contributed by atoms with Crippen LogP contribution in [0, 0.1) is 0 Å². The van der Waals surface area contributed by atoms with Gasteiger partial charge in [0, 0.05) is 11.0 Å². The summed E-state index contributed by atoms with van der Waals surface area (Å²) in [5, 5.41) is 3.19. The van der Waals surface area contributed by atoms with E-state index in [1.54, 1.807) is 7.11 Å². The number of ether oxygens (including phenoxy) is 1. The monoisotopic (exact) mass is 323 g/mol. The molecule has 1 heterocycles. The largest absolute Gasteiger partial charge is 0.490 e. The van der Waals surface area contributed by atoms with E-state index in [0.29, 0.717) is 23.9 Å². The average molecular weight is 324 g/mol. The average Bonchev–Trinajstić information content (AvgIpc) is 2.44.